The Labute approximate surface area is 108 Å². The van der Waals surface area contributed by atoms with Crippen LogP contribution in [0.3, 0.4) is 0 Å². The largest absolute Gasteiger partial charge is 0.305 e. The number of sulfonamides is 1. The summed E-state index contributed by atoms with van der Waals surface area (Å²) in [4.78, 5) is 4.77. The van der Waals surface area contributed by atoms with Crippen LogP contribution in [0.15, 0.2) is 29.2 Å². The molecule has 102 valence electrons. The topological polar surface area (TPSA) is 81.4 Å². The van der Waals surface area contributed by atoms with Crippen molar-refractivity contribution in [2.24, 2.45) is 5.90 Å². The van der Waals surface area contributed by atoms with Crippen LogP contribution in [0.2, 0.25) is 0 Å². The Hall–Kier alpha value is -0.950. The van der Waals surface area contributed by atoms with E-state index in [1.54, 1.807) is 26.0 Å². The van der Waals surface area contributed by atoms with Gasteiger partial charge in [-0.25, -0.2) is 19.0 Å². The average Bonchev–Trinajstić information content (AvgIpc) is 2.28. The van der Waals surface area contributed by atoms with E-state index in [0.29, 0.717) is 6.61 Å². The minimum Gasteiger partial charge on any atom is -0.305 e. The van der Waals surface area contributed by atoms with Crippen molar-refractivity contribution in [1.82, 2.24) is 4.72 Å². The van der Waals surface area contributed by atoms with E-state index in [-0.39, 0.29) is 10.9 Å². The van der Waals surface area contributed by atoms with Gasteiger partial charge in [-0.1, -0.05) is 12.1 Å². The third kappa shape index (κ3) is 4.73. The molecule has 0 unspecified atom stereocenters. The van der Waals surface area contributed by atoms with Gasteiger partial charge in [-0.2, -0.15) is 0 Å². The van der Waals surface area contributed by atoms with Crippen molar-refractivity contribution in [1.29, 1.82) is 0 Å². The third-order valence-electron chi connectivity index (χ3n) is 2.35. The van der Waals surface area contributed by atoms with Crippen molar-refractivity contribution in [2.75, 3.05) is 6.61 Å². The van der Waals surface area contributed by atoms with Gasteiger partial charge in [0.25, 0.3) is 0 Å². The summed E-state index contributed by atoms with van der Waals surface area (Å²) in [6, 6.07) is 6.74. The Morgan fingerprint density at radius 1 is 1.28 bits per heavy atom. The first-order valence-electron chi connectivity index (χ1n) is 5.88. The minimum absolute atomic E-state index is 0.114. The summed E-state index contributed by atoms with van der Waals surface area (Å²) >= 11 is 0. The Bertz CT molecular complexity index is 455. The first kappa shape index (κ1) is 15.1. The highest BCUT2D eigenvalue weighted by Crippen LogP contribution is 2.12. The molecule has 0 aromatic heterocycles. The van der Waals surface area contributed by atoms with Crippen molar-refractivity contribution in [2.45, 2.75) is 37.6 Å². The highest BCUT2D eigenvalue weighted by atomic mass is 32.2. The number of hydrogen-bond acceptors (Lipinski definition) is 4. The van der Waals surface area contributed by atoms with Crippen LogP contribution < -0.4 is 10.6 Å². The summed E-state index contributed by atoms with van der Waals surface area (Å²) in [5.41, 5.74) is 1.07. The molecule has 0 aliphatic heterocycles. The standard InChI is InChI=1S/C12H20N2O3S/c1-10(2)14-18(15,16)12-7-5-11(6-8-12)4-3-9-17-13/h5-8,10,14H,3-4,9,13H2,1-2H3. The molecule has 0 aliphatic carbocycles. The summed E-state index contributed by atoms with van der Waals surface area (Å²) in [5, 5.41) is 0. The van der Waals surface area contributed by atoms with E-state index in [2.05, 4.69) is 9.56 Å². The second-order valence-corrected chi connectivity index (χ2v) is 6.11. The van der Waals surface area contributed by atoms with Crippen molar-refractivity contribution in [3.8, 4) is 0 Å². The predicted octanol–water partition coefficient (Wildman–Crippen LogP) is 1.20. The van der Waals surface area contributed by atoms with Crippen molar-refractivity contribution >= 4 is 10.0 Å². The zero-order chi connectivity index (χ0) is 13.6. The van der Waals surface area contributed by atoms with E-state index in [4.69, 9.17) is 5.90 Å². The zero-order valence-corrected chi connectivity index (χ0v) is 11.5. The van der Waals surface area contributed by atoms with E-state index in [1.807, 2.05) is 12.1 Å². The third-order valence-corrected chi connectivity index (χ3v) is 4.03. The summed E-state index contributed by atoms with van der Waals surface area (Å²) < 4.78 is 26.3. The van der Waals surface area contributed by atoms with E-state index in [0.717, 1.165) is 18.4 Å². The van der Waals surface area contributed by atoms with Gasteiger partial charge in [0.1, 0.15) is 0 Å². The molecule has 0 amide bonds. The van der Waals surface area contributed by atoms with Crippen LogP contribution >= 0.6 is 0 Å². The van der Waals surface area contributed by atoms with Crippen LogP contribution in [-0.2, 0) is 21.3 Å². The van der Waals surface area contributed by atoms with Crippen molar-refractivity contribution in [3.63, 3.8) is 0 Å². The molecule has 0 heterocycles. The van der Waals surface area contributed by atoms with Gasteiger partial charge in [-0.05, 0) is 44.4 Å². The Morgan fingerprint density at radius 3 is 2.39 bits per heavy atom. The molecule has 0 atom stereocenters. The first-order valence-corrected chi connectivity index (χ1v) is 7.37. The molecule has 0 radical (unpaired) electrons. The normalized spacial score (nSPS) is 12.0. The van der Waals surface area contributed by atoms with Gasteiger partial charge in [-0.3, -0.25) is 0 Å². The second kappa shape index (κ2) is 6.84. The number of aryl methyl sites for hydroxylation is 1. The fourth-order valence-corrected chi connectivity index (χ4v) is 2.82. The number of benzene rings is 1. The molecule has 18 heavy (non-hydrogen) atoms. The summed E-state index contributed by atoms with van der Waals surface area (Å²) in [6.45, 7) is 4.08. The molecule has 3 N–H and O–H groups in total. The van der Waals surface area contributed by atoms with E-state index >= 15 is 0 Å². The van der Waals surface area contributed by atoms with Gasteiger partial charge < -0.3 is 4.84 Å². The van der Waals surface area contributed by atoms with Gasteiger partial charge in [0.2, 0.25) is 10.0 Å². The number of hydrogen-bond donors (Lipinski definition) is 2. The Kier molecular flexibility index (Phi) is 5.74. The highest BCUT2D eigenvalue weighted by molar-refractivity contribution is 7.89. The summed E-state index contributed by atoms with van der Waals surface area (Å²) in [5.74, 6) is 4.93. The van der Waals surface area contributed by atoms with E-state index < -0.39 is 10.0 Å². The van der Waals surface area contributed by atoms with Gasteiger partial charge in [0, 0.05) is 6.04 Å². The minimum atomic E-state index is -3.40. The second-order valence-electron chi connectivity index (χ2n) is 4.39. The lowest BCUT2D eigenvalue weighted by Gasteiger charge is -2.10. The average molecular weight is 272 g/mol. The van der Waals surface area contributed by atoms with Crippen molar-refractivity contribution in [3.05, 3.63) is 29.8 Å². The highest BCUT2D eigenvalue weighted by Gasteiger charge is 2.14. The van der Waals surface area contributed by atoms with Crippen LogP contribution in [0.25, 0.3) is 0 Å². The van der Waals surface area contributed by atoms with Crippen LogP contribution in [-0.4, -0.2) is 21.1 Å². The molecule has 0 saturated carbocycles. The van der Waals surface area contributed by atoms with Crippen LogP contribution in [0, 0.1) is 0 Å². The Morgan fingerprint density at radius 2 is 1.89 bits per heavy atom. The molecule has 0 fully saturated rings. The predicted molar refractivity (Wildman–Crippen MR) is 70.4 cm³/mol. The molecular formula is C12H20N2O3S. The molecule has 1 aromatic rings. The molecule has 5 nitrogen and oxygen atoms in total. The number of rotatable bonds is 7. The lowest BCUT2D eigenvalue weighted by molar-refractivity contribution is 0.135. The van der Waals surface area contributed by atoms with Gasteiger partial charge in [0.15, 0.2) is 0 Å². The number of nitrogens with two attached hydrogens (primary N) is 1. The summed E-state index contributed by atoms with van der Waals surface area (Å²) in [6.07, 6.45) is 1.63. The zero-order valence-electron chi connectivity index (χ0n) is 10.7. The molecule has 0 aliphatic rings. The number of nitrogens with one attached hydrogen (secondary N) is 1. The molecule has 1 rings (SSSR count). The van der Waals surface area contributed by atoms with Crippen LogP contribution in [0.5, 0.6) is 0 Å². The van der Waals surface area contributed by atoms with Crippen molar-refractivity contribution < 1.29 is 13.3 Å². The van der Waals surface area contributed by atoms with Crippen LogP contribution in [0.1, 0.15) is 25.8 Å². The molecule has 0 bridgehead atoms. The molecule has 6 heteroatoms. The molecule has 0 spiro atoms. The lowest BCUT2D eigenvalue weighted by atomic mass is 10.1. The van der Waals surface area contributed by atoms with E-state index in [9.17, 15) is 8.42 Å². The quantitative estimate of drug-likeness (QED) is 0.577. The maximum Gasteiger partial charge on any atom is 0.240 e. The SMILES string of the molecule is CC(C)NS(=O)(=O)c1ccc(CCCON)cc1. The first-order chi connectivity index (χ1) is 8.45. The van der Waals surface area contributed by atoms with Gasteiger partial charge in [-0.15, -0.1) is 0 Å². The summed E-state index contributed by atoms with van der Waals surface area (Å²) in [7, 11) is -3.40. The lowest BCUT2D eigenvalue weighted by Crippen LogP contribution is -2.30. The van der Waals surface area contributed by atoms with E-state index in [1.165, 1.54) is 0 Å². The fourth-order valence-electron chi connectivity index (χ4n) is 1.57. The molecule has 0 saturated heterocycles. The van der Waals surface area contributed by atoms with Gasteiger partial charge >= 0.3 is 0 Å². The molecular weight excluding hydrogens is 252 g/mol. The van der Waals surface area contributed by atoms with Gasteiger partial charge in [0.05, 0.1) is 11.5 Å². The smallest absolute Gasteiger partial charge is 0.240 e. The van der Waals surface area contributed by atoms with Crippen LogP contribution in [0.4, 0.5) is 0 Å². The Balaban J connectivity index is 2.70. The molecule has 1 aromatic carbocycles. The monoisotopic (exact) mass is 272 g/mol. The maximum atomic E-state index is 11.9. The fraction of sp³-hybridized carbons (Fsp3) is 0.500. The maximum absolute atomic E-state index is 11.9.